The van der Waals surface area contributed by atoms with Gasteiger partial charge in [0.25, 0.3) is 0 Å². The number of phosphoric acid groups is 1. The maximum atomic E-state index is 12.8. The number of carbonyl (C=O) groups excluding carboxylic acids is 1. The van der Waals surface area contributed by atoms with Gasteiger partial charge < -0.3 is 21.1 Å². The van der Waals surface area contributed by atoms with E-state index in [1.165, 1.54) is 83.5 Å². The first kappa shape index (κ1) is 54.7. The monoisotopic (exact) mass is 817 g/mol. The van der Waals surface area contributed by atoms with Crippen molar-refractivity contribution in [3.63, 3.8) is 0 Å². The standard InChI is InChI=1S/C48H85N2O6P/c1-3-5-7-9-11-13-15-17-19-21-22-23-24-26-28-30-32-34-36-38-40-42-48(52)50-46(45-56-57(53,54)55-44-43-49)47(51)41-39-37-35-33-31-29-27-25-20-18-16-14-12-10-8-6-4-2/h5,7,11,13,17,19,22-23,26,28,32,34,39,41,46-47,51H,3-4,6,8-10,12,14-16,18,20-21,24-25,27,29-31,33,35-38,40,42-45,49H2,1-2H3,(H,50,52)(H,53,54)/b7-5-,13-11-,19-17-,23-22-,28-26-,34-32-,41-39+. The molecule has 0 fully saturated rings. The fourth-order valence-corrected chi connectivity index (χ4v) is 6.83. The second-order valence-electron chi connectivity index (χ2n) is 14.9. The van der Waals surface area contributed by atoms with Gasteiger partial charge in [0.15, 0.2) is 0 Å². The van der Waals surface area contributed by atoms with Gasteiger partial charge in [0.1, 0.15) is 0 Å². The summed E-state index contributed by atoms with van der Waals surface area (Å²) in [6.45, 7) is 3.98. The van der Waals surface area contributed by atoms with Crippen LogP contribution in [0.25, 0.3) is 0 Å². The van der Waals surface area contributed by atoms with Gasteiger partial charge in [-0.25, -0.2) is 4.57 Å². The lowest BCUT2D eigenvalue weighted by atomic mass is 10.0. The van der Waals surface area contributed by atoms with Crippen molar-refractivity contribution in [1.82, 2.24) is 5.32 Å². The smallest absolute Gasteiger partial charge is 0.387 e. The van der Waals surface area contributed by atoms with Crippen LogP contribution in [0.1, 0.15) is 181 Å². The summed E-state index contributed by atoms with van der Waals surface area (Å²) in [5.41, 5.74) is 5.37. The summed E-state index contributed by atoms with van der Waals surface area (Å²) >= 11 is 0. The highest BCUT2D eigenvalue weighted by atomic mass is 31.2. The molecule has 0 spiro atoms. The molecule has 0 saturated carbocycles. The zero-order valence-corrected chi connectivity index (χ0v) is 37.2. The molecule has 0 aliphatic rings. The molecule has 5 N–H and O–H groups in total. The quantitative estimate of drug-likeness (QED) is 0.0274. The molecule has 328 valence electrons. The Bertz CT molecular complexity index is 1160. The Hall–Kier alpha value is -2.32. The number of rotatable bonds is 41. The van der Waals surface area contributed by atoms with Crippen LogP contribution in [0.3, 0.4) is 0 Å². The first-order chi connectivity index (χ1) is 27.9. The third-order valence-electron chi connectivity index (χ3n) is 9.48. The van der Waals surface area contributed by atoms with Gasteiger partial charge >= 0.3 is 7.82 Å². The number of nitrogens with two attached hydrogens (primary N) is 1. The molecule has 0 aliphatic heterocycles. The lowest BCUT2D eigenvalue weighted by Crippen LogP contribution is -2.45. The highest BCUT2D eigenvalue weighted by Crippen LogP contribution is 2.43. The van der Waals surface area contributed by atoms with Gasteiger partial charge in [0.2, 0.25) is 5.91 Å². The fourth-order valence-electron chi connectivity index (χ4n) is 6.08. The minimum atomic E-state index is -4.36. The van der Waals surface area contributed by atoms with E-state index in [4.69, 9.17) is 14.8 Å². The average Bonchev–Trinajstić information content (AvgIpc) is 3.20. The number of amides is 1. The van der Waals surface area contributed by atoms with E-state index >= 15 is 0 Å². The van der Waals surface area contributed by atoms with E-state index in [2.05, 4.69) is 92.1 Å². The van der Waals surface area contributed by atoms with Crippen molar-refractivity contribution in [3.05, 3.63) is 85.1 Å². The zero-order chi connectivity index (χ0) is 41.8. The van der Waals surface area contributed by atoms with Gasteiger partial charge in [-0.15, -0.1) is 0 Å². The van der Waals surface area contributed by atoms with Gasteiger partial charge in [-0.1, -0.05) is 189 Å². The minimum absolute atomic E-state index is 0.0668. The van der Waals surface area contributed by atoms with Crippen LogP contribution in [0.15, 0.2) is 85.1 Å². The molecule has 3 atom stereocenters. The largest absolute Gasteiger partial charge is 0.472 e. The Labute approximate surface area is 349 Å². The van der Waals surface area contributed by atoms with Gasteiger partial charge in [-0.2, -0.15) is 0 Å². The van der Waals surface area contributed by atoms with E-state index in [0.29, 0.717) is 6.42 Å². The molecule has 0 bridgehead atoms. The molecule has 0 radical (unpaired) electrons. The Balaban J connectivity index is 4.31. The molecule has 9 heteroatoms. The molecule has 0 rings (SSSR count). The highest BCUT2D eigenvalue weighted by Gasteiger charge is 2.26. The summed E-state index contributed by atoms with van der Waals surface area (Å²) < 4.78 is 22.1. The second kappa shape index (κ2) is 43.3. The first-order valence-electron chi connectivity index (χ1n) is 22.7. The number of hydrogen-bond donors (Lipinski definition) is 4. The average molecular weight is 817 g/mol. The van der Waals surface area contributed by atoms with Gasteiger partial charge in [-0.05, 0) is 70.6 Å². The van der Waals surface area contributed by atoms with Gasteiger partial charge in [0, 0.05) is 13.0 Å². The van der Waals surface area contributed by atoms with E-state index in [9.17, 15) is 19.4 Å². The van der Waals surface area contributed by atoms with Gasteiger partial charge in [-0.3, -0.25) is 13.8 Å². The summed E-state index contributed by atoms with van der Waals surface area (Å²) in [5, 5.41) is 13.7. The molecular weight excluding hydrogens is 732 g/mol. The van der Waals surface area contributed by atoms with Crippen molar-refractivity contribution < 1.29 is 28.4 Å². The van der Waals surface area contributed by atoms with E-state index in [1.807, 2.05) is 6.08 Å². The van der Waals surface area contributed by atoms with Crippen LogP contribution in [0.4, 0.5) is 0 Å². The van der Waals surface area contributed by atoms with Crippen LogP contribution in [0.5, 0.6) is 0 Å². The summed E-state index contributed by atoms with van der Waals surface area (Å²) in [6.07, 6.45) is 57.8. The van der Waals surface area contributed by atoms with E-state index in [0.717, 1.165) is 70.6 Å². The van der Waals surface area contributed by atoms with Crippen LogP contribution < -0.4 is 11.1 Å². The second-order valence-corrected chi connectivity index (χ2v) is 16.3. The third-order valence-corrected chi connectivity index (χ3v) is 10.5. The first-order valence-corrected chi connectivity index (χ1v) is 24.2. The molecule has 0 aliphatic carbocycles. The topological polar surface area (TPSA) is 131 Å². The normalized spacial score (nSPS) is 14.8. The lowest BCUT2D eigenvalue weighted by molar-refractivity contribution is -0.123. The third kappa shape index (κ3) is 41.6. The number of hydrogen-bond acceptors (Lipinski definition) is 6. The SMILES string of the molecule is CC/C=C\C/C=C\C/C=C\C/C=C\C/C=C\C/C=C\CCCCC(=O)NC(COP(=O)(O)OCCN)C(O)/C=C/CCCCCCCCCCCCCCCCC. The van der Waals surface area contributed by atoms with Crippen molar-refractivity contribution in [2.24, 2.45) is 5.73 Å². The number of phosphoric ester groups is 1. The van der Waals surface area contributed by atoms with Crippen LogP contribution in [-0.4, -0.2) is 47.8 Å². The van der Waals surface area contributed by atoms with E-state index < -0.39 is 20.0 Å². The van der Waals surface area contributed by atoms with Crippen LogP contribution in [-0.2, 0) is 18.4 Å². The zero-order valence-electron chi connectivity index (χ0n) is 36.3. The molecule has 57 heavy (non-hydrogen) atoms. The maximum Gasteiger partial charge on any atom is 0.472 e. The summed E-state index contributed by atoms with van der Waals surface area (Å²) in [6, 6.07) is -0.889. The van der Waals surface area contributed by atoms with Gasteiger partial charge in [0.05, 0.1) is 25.4 Å². The van der Waals surface area contributed by atoms with Crippen molar-refractivity contribution in [3.8, 4) is 0 Å². The molecule has 0 heterocycles. The molecule has 1 amide bonds. The number of carbonyl (C=O) groups is 1. The summed E-state index contributed by atoms with van der Waals surface area (Å²) in [4.78, 5) is 22.7. The molecule has 0 aromatic heterocycles. The fraction of sp³-hybridized carbons (Fsp3) is 0.688. The minimum Gasteiger partial charge on any atom is -0.387 e. The molecule has 8 nitrogen and oxygen atoms in total. The molecular formula is C48H85N2O6P. The Morgan fingerprint density at radius 2 is 1.02 bits per heavy atom. The van der Waals surface area contributed by atoms with Crippen LogP contribution in [0, 0.1) is 0 Å². The van der Waals surface area contributed by atoms with Crippen molar-refractivity contribution in [1.29, 1.82) is 0 Å². The van der Waals surface area contributed by atoms with Crippen LogP contribution in [0.2, 0.25) is 0 Å². The molecule has 0 aromatic rings. The predicted molar refractivity (Wildman–Crippen MR) is 244 cm³/mol. The Morgan fingerprint density at radius 3 is 1.49 bits per heavy atom. The lowest BCUT2D eigenvalue weighted by Gasteiger charge is -2.23. The van der Waals surface area contributed by atoms with E-state index in [1.54, 1.807) is 6.08 Å². The van der Waals surface area contributed by atoms with Crippen molar-refractivity contribution >= 4 is 13.7 Å². The van der Waals surface area contributed by atoms with E-state index in [-0.39, 0.29) is 32.1 Å². The summed E-state index contributed by atoms with van der Waals surface area (Å²) in [7, 11) is -4.36. The highest BCUT2D eigenvalue weighted by molar-refractivity contribution is 7.47. The van der Waals surface area contributed by atoms with Crippen molar-refractivity contribution in [2.75, 3.05) is 19.8 Å². The summed E-state index contributed by atoms with van der Waals surface area (Å²) in [5.74, 6) is -0.239. The van der Waals surface area contributed by atoms with Crippen molar-refractivity contribution in [2.45, 2.75) is 193 Å². The number of aliphatic hydroxyl groups excluding tert-OH is 1. The molecule has 0 saturated heterocycles. The van der Waals surface area contributed by atoms with Crippen LogP contribution >= 0.6 is 7.82 Å². The Kier molecular flexibility index (Phi) is 41.5. The number of allylic oxidation sites excluding steroid dienone is 13. The number of nitrogens with one attached hydrogen (secondary N) is 1. The molecule has 3 unspecified atom stereocenters. The maximum absolute atomic E-state index is 12.8. The number of aliphatic hydroxyl groups is 1. The number of unbranched alkanes of at least 4 members (excludes halogenated alkanes) is 17. The Morgan fingerprint density at radius 1 is 0.596 bits per heavy atom. The predicted octanol–water partition coefficient (Wildman–Crippen LogP) is 13.0. The molecule has 0 aromatic carbocycles.